The molecule has 2 aliphatic rings. The molecule has 1 aromatic carbocycles. The Balaban J connectivity index is 0.00000121. The summed E-state index contributed by atoms with van der Waals surface area (Å²) in [6.45, 7) is 2.71. The van der Waals surface area contributed by atoms with Crippen LogP contribution in [-0.4, -0.2) is 54.7 Å². The molecule has 3 rings (SSSR count). The number of halogens is 2. The fourth-order valence-electron chi connectivity index (χ4n) is 3.01. The molecule has 5 nitrogen and oxygen atoms in total. The van der Waals surface area contributed by atoms with Crippen LogP contribution in [0.25, 0.3) is 0 Å². The maximum absolute atomic E-state index is 12.5. The van der Waals surface area contributed by atoms with Crippen LogP contribution in [0.15, 0.2) is 24.3 Å². The predicted octanol–water partition coefficient (Wildman–Crippen LogP) is 1.03. The fourth-order valence-corrected chi connectivity index (χ4v) is 3.01. The zero-order chi connectivity index (χ0) is 14.1. The van der Waals surface area contributed by atoms with Gasteiger partial charge in [-0.05, 0) is 18.1 Å². The third-order valence-electron chi connectivity index (χ3n) is 4.19. The van der Waals surface area contributed by atoms with E-state index in [9.17, 15) is 9.90 Å². The smallest absolute Gasteiger partial charge is 0.240 e. The summed E-state index contributed by atoms with van der Waals surface area (Å²) in [5, 5.41) is 12.7. The van der Waals surface area contributed by atoms with Crippen LogP contribution >= 0.6 is 24.8 Å². The Kier molecular flexibility index (Phi) is 6.94. The molecule has 2 atom stereocenters. The van der Waals surface area contributed by atoms with E-state index >= 15 is 0 Å². The Hall–Kier alpha value is -1.01. The highest BCUT2D eigenvalue weighted by Crippen LogP contribution is 2.24. The summed E-state index contributed by atoms with van der Waals surface area (Å²) in [5.74, 6) is 0.103. The Morgan fingerprint density at radius 3 is 2.68 bits per heavy atom. The van der Waals surface area contributed by atoms with Gasteiger partial charge in [0.05, 0.1) is 12.1 Å². The van der Waals surface area contributed by atoms with Crippen molar-refractivity contribution in [3.05, 3.63) is 29.8 Å². The number of carbonyl (C=O) groups is 1. The lowest BCUT2D eigenvalue weighted by Gasteiger charge is -2.24. The number of likely N-dealkylation sites (N-methyl/N-ethyl adjacent to an activating group) is 1. The van der Waals surface area contributed by atoms with Crippen LogP contribution in [-0.2, 0) is 11.3 Å². The van der Waals surface area contributed by atoms with E-state index in [-0.39, 0.29) is 36.8 Å². The largest absolute Gasteiger partial charge is 0.392 e. The van der Waals surface area contributed by atoms with Gasteiger partial charge in [0.15, 0.2) is 0 Å². The lowest BCUT2D eigenvalue weighted by Crippen LogP contribution is -2.44. The monoisotopic (exact) mass is 347 g/mol. The van der Waals surface area contributed by atoms with Crippen molar-refractivity contribution < 1.29 is 9.90 Å². The molecule has 0 aromatic heterocycles. The van der Waals surface area contributed by atoms with Crippen molar-refractivity contribution in [2.75, 3.05) is 31.6 Å². The quantitative estimate of drug-likeness (QED) is 0.796. The Labute approximate surface area is 143 Å². The van der Waals surface area contributed by atoms with Crippen LogP contribution in [0, 0.1) is 0 Å². The number of rotatable bonds is 1. The van der Waals surface area contributed by atoms with Crippen LogP contribution < -0.4 is 10.2 Å². The summed E-state index contributed by atoms with van der Waals surface area (Å²) >= 11 is 0. The van der Waals surface area contributed by atoms with E-state index in [1.165, 1.54) is 11.3 Å². The van der Waals surface area contributed by atoms with Gasteiger partial charge in [-0.25, -0.2) is 0 Å². The van der Waals surface area contributed by atoms with Gasteiger partial charge in [0.25, 0.3) is 0 Å². The molecular formula is C15H23Cl2N3O2. The zero-order valence-corrected chi connectivity index (χ0v) is 14.2. The summed E-state index contributed by atoms with van der Waals surface area (Å²) in [6.07, 6.45) is 0.123. The molecule has 0 saturated carbocycles. The van der Waals surface area contributed by atoms with Crippen LogP contribution in [0.3, 0.4) is 0 Å². The molecular weight excluding hydrogens is 325 g/mol. The van der Waals surface area contributed by atoms with Crippen molar-refractivity contribution in [2.45, 2.75) is 25.1 Å². The molecule has 7 heteroatoms. The van der Waals surface area contributed by atoms with E-state index in [0.717, 1.165) is 13.1 Å². The third-order valence-corrected chi connectivity index (χ3v) is 4.19. The average molecular weight is 348 g/mol. The lowest BCUT2D eigenvalue weighted by atomic mass is 10.1. The zero-order valence-electron chi connectivity index (χ0n) is 12.6. The number of para-hydroxylation sites is 1. The summed E-state index contributed by atoms with van der Waals surface area (Å²) in [5.41, 5.74) is 2.38. The van der Waals surface area contributed by atoms with Crippen molar-refractivity contribution in [3.63, 3.8) is 0 Å². The number of hydrogen-bond donors (Lipinski definition) is 2. The van der Waals surface area contributed by atoms with Gasteiger partial charge in [-0.3, -0.25) is 4.79 Å². The first-order valence-electron chi connectivity index (χ1n) is 7.14. The first kappa shape index (κ1) is 19.0. The Morgan fingerprint density at radius 1 is 1.27 bits per heavy atom. The third kappa shape index (κ3) is 3.84. The average Bonchev–Trinajstić information content (AvgIpc) is 2.81. The van der Waals surface area contributed by atoms with Crippen molar-refractivity contribution in [2.24, 2.45) is 0 Å². The van der Waals surface area contributed by atoms with Crippen molar-refractivity contribution >= 4 is 36.4 Å². The molecule has 0 aliphatic carbocycles. The minimum atomic E-state index is -0.397. The van der Waals surface area contributed by atoms with Crippen LogP contribution in [0.1, 0.15) is 12.0 Å². The van der Waals surface area contributed by atoms with Gasteiger partial charge in [0.2, 0.25) is 5.91 Å². The second kappa shape index (κ2) is 8.02. The molecule has 2 aliphatic heterocycles. The first-order valence-corrected chi connectivity index (χ1v) is 7.14. The summed E-state index contributed by atoms with van der Waals surface area (Å²) in [7, 11) is 2.06. The molecule has 22 heavy (non-hydrogen) atoms. The van der Waals surface area contributed by atoms with Crippen molar-refractivity contribution in [3.8, 4) is 0 Å². The molecule has 1 fully saturated rings. The number of nitrogens with one attached hydrogen (secondary N) is 1. The fraction of sp³-hybridized carbons (Fsp3) is 0.533. The molecule has 0 spiro atoms. The highest BCUT2D eigenvalue weighted by atomic mass is 35.5. The number of hydrogen-bond acceptors (Lipinski definition) is 4. The topological polar surface area (TPSA) is 55.8 Å². The molecule has 2 unspecified atom stereocenters. The molecule has 0 bridgehead atoms. The molecule has 2 N–H and O–H groups in total. The molecule has 124 valence electrons. The Bertz CT molecular complexity index is 515. The minimum Gasteiger partial charge on any atom is -0.392 e. The van der Waals surface area contributed by atoms with Gasteiger partial charge >= 0.3 is 0 Å². The predicted molar refractivity (Wildman–Crippen MR) is 92.0 cm³/mol. The van der Waals surface area contributed by atoms with Gasteiger partial charge in [-0.1, -0.05) is 18.2 Å². The van der Waals surface area contributed by atoms with E-state index < -0.39 is 6.10 Å². The number of aliphatic hydroxyl groups is 1. The van der Waals surface area contributed by atoms with Crippen LogP contribution in [0.2, 0.25) is 0 Å². The highest BCUT2D eigenvalue weighted by Gasteiger charge is 2.32. The van der Waals surface area contributed by atoms with Crippen molar-refractivity contribution in [1.82, 2.24) is 10.2 Å². The van der Waals surface area contributed by atoms with E-state index in [4.69, 9.17) is 0 Å². The van der Waals surface area contributed by atoms with Crippen LogP contribution in [0.4, 0.5) is 5.69 Å². The Morgan fingerprint density at radius 2 is 2.00 bits per heavy atom. The molecule has 2 heterocycles. The lowest BCUT2D eigenvalue weighted by molar-refractivity contribution is -0.133. The first-order chi connectivity index (χ1) is 9.65. The highest BCUT2D eigenvalue weighted by molar-refractivity contribution is 5.85. The van der Waals surface area contributed by atoms with Gasteiger partial charge in [-0.2, -0.15) is 0 Å². The van der Waals surface area contributed by atoms with E-state index in [0.29, 0.717) is 19.5 Å². The second-order valence-electron chi connectivity index (χ2n) is 5.66. The number of carbonyl (C=O) groups excluding carboxylic acids is 1. The second-order valence-corrected chi connectivity index (χ2v) is 5.66. The normalized spacial score (nSPS) is 23.9. The number of fused-ring (bicyclic) bond motifs is 1. The molecule has 1 saturated heterocycles. The van der Waals surface area contributed by atoms with Crippen molar-refractivity contribution in [1.29, 1.82) is 0 Å². The maximum Gasteiger partial charge on any atom is 0.240 e. The number of nitrogens with zero attached hydrogens (tertiary/aromatic N) is 2. The number of aliphatic hydroxyl groups excluding tert-OH is 1. The summed E-state index contributed by atoms with van der Waals surface area (Å²) in [4.78, 5) is 16.6. The maximum atomic E-state index is 12.5. The van der Waals surface area contributed by atoms with Gasteiger partial charge in [-0.15, -0.1) is 24.8 Å². The standard InChI is InChI=1S/C15H21N3O2.2ClH/c1-17-6-7-18(10-11-4-2-3-5-14(11)17)15(20)13-8-12(19)9-16-13;;/h2-5,12-13,16,19H,6-10H2,1H3;2*1H. The number of amides is 1. The molecule has 1 amide bonds. The van der Waals surface area contributed by atoms with Gasteiger partial charge < -0.3 is 20.2 Å². The number of β-amino-alcohol motifs (C(OH)–C–C–N with tert-alkyl or cyclic N) is 1. The van der Waals surface area contributed by atoms with Gasteiger partial charge in [0.1, 0.15) is 0 Å². The molecule has 1 aromatic rings. The number of benzene rings is 1. The minimum absolute atomic E-state index is 0. The SMILES string of the molecule is CN1CCN(C(=O)C2CC(O)CN2)Cc2ccccc21.Cl.Cl. The van der Waals surface area contributed by atoms with E-state index in [1.54, 1.807) is 0 Å². The van der Waals surface area contributed by atoms with E-state index in [2.05, 4.69) is 29.4 Å². The molecule has 0 radical (unpaired) electrons. The summed E-state index contributed by atoms with van der Waals surface area (Å²) in [6, 6.07) is 7.98. The van der Waals surface area contributed by atoms with Crippen LogP contribution in [0.5, 0.6) is 0 Å². The van der Waals surface area contributed by atoms with Gasteiger partial charge in [0, 0.05) is 38.9 Å². The summed E-state index contributed by atoms with van der Waals surface area (Å²) < 4.78 is 0. The number of anilines is 1. The van der Waals surface area contributed by atoms with E-state index in [1.807, 2.05) is 17.0 Å².